The molecule has 1 aliphatic carbocycles. The van der Waals surface area contributed by atoms with E-state index in [1.165, 1.54) is 6.07 Å². The molecule has 0 radical (unpaired) electrons. The second-order valence-corrected chi connectivity index (χ2v) is 8.31. The Bertz CT molecular complexity index is 705. The molecule has 23 heavy (non-hydrogen) atoms. The van der Waals surface area contributed by atoms with Gasteiger partial charge in [0.15, 0.2) is 9.84 Å². The van der Waals surface area contributed by atoms with E-state index < -0.39 is 27.3 Å². The lowest BCUT2D eigenvalue weighted by Gasteiger charge is -2.34. The van der Waals surface area contributed by atoms with E-state index in [0.717, 1.165) is 25.5 Å². The zero-order valence-electron chi connectivity index (χ0n) is 13.0. The van der Waals surface area contributed by atoms with E-state index in [2.05, 4.69) is 5.32 Å². The third kappa shape index (κ3) is 4.54. The molecule has 2 N–H and O–H groups in total. The van der Waals surface area contributed by atoms with Gasteiger partial charge in [-0.3, -0.25) is 4.79 Å². The van der Waals surface area contributed by atoms with Crippen molar-refractivity contribution >= 4 is 21.7 Å². The maximum atomic E-state index is 12.4. The fourth-order valence-electron chi connectivity index (χ4n) is 2.94. The van der Waals surface area contributed by atoms with E-state index in [1.54, 1.807) is 18.2 Å². The molecule has 0 aliphatic heterocycles. The first-order valence-electron chi connectivity index (χ1n) is 7.54. The van der Waals surface area contributed by atoms with E-state index in [1.807, 2.05) is 0 Å². The summed E-state index contributed by atoms with van der Waals surface area (Å²) in [7, 11) is -3.20. The van der Waals surface area contributed by atoms with Crippen molar-refractivity contribution in [3.8, 4) is 0 Å². The van der Waals surface area contributed by atoms with Gasteiger partial charge in [-0.1, -0.05) is 31.4 Å². The van der Waals surface area contributed by atoms with Gasteiger partial charge in [0, 0.05) is 11.8 Å². The number of amides is 1. The summed E-state index contributed by atoms with van der Waals surface area (Å²) in [6, 6.07) is 6.28. The highest BCUT2D eigenvalue weighted by Crippen LogP contribution is 2.29. The van der Waals surface area contributed by atoms with Crippen LogP contribution in [0.4, 0.5) is 0 Å². The van der Waals surface area contributed by atoms with Crippen molar-refractivity contribution in [2.24, 2.45) is 0 Å². The average Bonchev–Trinajstić information content (AvgIpc) is 2.46. The molecule has 0 bridgehead atoms. The van der Waals surface area contributed by atoms with Crippen LogP contribution in [-0.4, -0.2) is 37.2 Å². The van der Waals surface area contributed by atoms with Crippen LogP contribution in [0.2, 0.25) is 0 Å². The van der Waals surface area contributed by atoms with Gasteiger partial charge in [-0.25, -0.2) is 13.2 Å². The number of benzene rings is 1. The molecule has 0 saturated heterocycles. The van der Waals surface area contributed by atoms with Gasteiger partial charge >= 0.3 is 5.97 Å². The highest BCUT2D eigenvalue weighted by molar-refractivity contribution is 7.89. The molecular formula is C16H21NO5S. The second-order valence-electron chi connectivity index (χ2n) is 6.17. The molecule has 0 atom stereocenters. The lowest BCUT2D eigenvalue weighted by molar-refractivity contribution is -0.145. The van der Waals surface area contributed by atoms with Crippen LogP contribution in [0.5, 0.6) is 0 Å². The standard InChI is InChI=1S/C16H21NO5S/c1-23(21,22)11-12-6-5-7-13(10-12)14(18)17-16(15(19)20)8-3-2-4-9-16/h5-7,10H,2-4,8-9,11H2,1H3,(H,17,18)(H,19,20). The van der Waals surface area contributed by atoms with Gasteiger partial charge in [-0.15, -0.1) is 0 Å². The van der Waals surface area contributed by atoms with E-state index in [9.17, 15) is 23.1 Å². The van der Waals surface area contributed by atoms with Crippen molar-refractivity contribution in [3.63, 3.8) is 0 Å². The predicted octanol–water partition coefficient (Wildman–Crippen LogP) is 1.75. The number of carbonyl (C=O) groups excluding carboxylic acids is 1. The number of hydrogen-bond donors (Lipinski definition) is 2. The maximum Gasteiger partial charge on any atom is 0.329 e. The molecule has 2 rings (SSSR count). The molecule has 0 spiro atoms. The topological polar surface area (TPSA) is 101 Å². The van der Waals surface area contributed by atoms with Crippen LogP contribution in [0.1, 0.15) is 48.0 Å². The van der Waals surface area contributed by atoms with Crippen molar-refractivity contribution in [2.75, 3.05) is 6.26 Å². The largest absolute Gasteiger partial charge is 0.480 e. The van der Waals surface area contributed by atoms with Crippen LogP contribution in [0, 0.1) is 0 Å². The Balaban J connectivity index is 2.19. The number of carboxylic acids is 1. The molecule has 1 amide bonds. The highest BCUT2D eigenvalue weighted by Gasteiger charge is 2.41. The Hall–Kier alpha value is -1.89. The smallest absolute Gasteiger partial charge is 0.329 e. The van der Waals surface area contributed by atoms with E-state index in [0.29, 0.717) is 18.4 Å². The van der Waals surface area contributed by atoms with Crippen molar-refractivity contribution in [1.82, 2.24) is 5.32 Å². The van der Waals surface area contributed by atoms with Crippen LogP contribution >= 0.6 is 0 Å². The molecule has 1 fully saturated rings. The fourth-order valence-corrected chi connectivity index (χ4v) is 3.73. The van der Waals surface area contributed by atoms with Gasteiger partial charge in [0.25, 0.3) is 5.91 Å². The van der Waals surface area contributed by atoms with E-state index in [-0.39, 0.29) is 11.3 Å². The number of carbonyl (C=O) groups is 2. The van der Waals surface area contributed by atoms with Crippen LogP contribution in [0.25, 0.3) is 0 Å². The lowest BCUT2D eigenvalue weighted by Crippen LogP contribution is -2.55. The van der Waals surface area contributed by atoms with Gasteiger partial charge in [-0.2, -0.15) is 0 Å². The fraction of sp³-hybridized carbons (Fsp3) is 0.500. The van der Waals surface area contributed by atoms with Crippen LogP contribution in [0.3, 0.4) is 0 Å². The summed E-state index contributed by atoms with van der Waals surface area (Å²) in [5, 5.41) is 12.1. The lowest BCUT2D eigenvalue weighted by atomic mass is 9.81. The Morgan fingerprint density at radius 1 is 1.22 bits per heavy atom. The zero-order valence-corrected chi connectivity index (χ0v) is 13.9. The van der Waals surface area contributed by atoms with Crippen molar-refractivity contribution in [1.29, 1.82) is 0 Å². The summed E-state index contributed by atoms with van der Waals surface area (Å²) >= 11 is 0. The number of nitrogens with one attached hydrogen (secondary N) is 1. The molecule has 7 heteroatoms. The van der Waals surface area contributed by atoms with Crippen LogP contribution < -0.4 is 5.32 Å². The molecule has 1 saturated carbocycles. The maximum absolute atomic E-state index is 12.4. The predicted molar refractivity (Wildman–Crippen MR) is 85.9 cm³/mol. The Morgan fingerprint density at radius 2 is 1.87 bits per heavy atom. The number of carboxylic acid groups (broad SMARTS) is 1. The minimum absolute atomic E-state index is 0.155. The highest BCUT2D eigenvalue weighted by atomic mass is 32.2. The second kappa shape index (κ2) is 6.70. The molecule has 1 aromatic carbocycles. The third-order valence-corrected chi connectivity index (χ3v) is 4.95. The van der Waals surface area contributed by atoms with Gasteiger partial charge in [-0.05, 0) is 30.5 Å². The Labute approximate surface area is 135 Å². The average molecular weight is 339 g/mol. The molecule has 0 heterocycles. The molecule has 0 unspecified atom stereocenters. The van der Waals surface area contributed by atoms with Crippen LogP contribution in [0.15, 0.2) is 24.3 Å². The summed E-state index contributed by atoms with van der Waals surface area (Å²) in [4.78, 5) is 24.0. The summed E-state index contributed by atoms with van der Waals surface area (Å²) in [6.45, 7) is 0. The molecule has 0 aromatic heterocycles. The third-order valence-electron chi connectivity index (χ3n) is 4.09. The normalized spacial score (nSPS) is 17.4. The summed E-state index contributed by atoms with van der Waals surface area (Å²) in [6.07, 6.45) is 4.45. The van der Waals surface area contributed by atoms with Gasteiger partial charge in [0.1, 0.15) is 5.54 Å². The molecule has 126 valence electrons. The number of rotatable bonds is 5. The molecule has 1 aromatic rings. The summed E-state index contributed by atoms with van der Waals surface area (Å²) in [5.74, 6) is -1.65. The minimum atomic E-state index is -3.20. The summed E-state index contributed by atoms with van der Waals surface area (Å²) in [5.41, 5.74) is -0.437. The first-order chi connectivity index (χ1) is 10.7. The quantitative estimate of drug-likeness (QED) is 0.851. The van der Waals surface area contributed by atoms with Crippen molar-refractivity contribution in [2.45, 2.75) is 43.4 Å². The van der Waals surface area contributed by atoms with Gasteiger partial charge < -0.3 is 10.4 Å². The minimum Gasteiger partial charge on any atom is -0.480 e. The molecular weight excluding hydrogens is 318 g/mol. The van der Waals surface area contributed by atoms with Crippen molar-refractivity contribution < 1.29 is 23.1 Å². The molecule has 6 nitrogen and oxygen atoms in total. The monoisotopic (exact) mass is 339 g/mol. The van der Waals surface area contributed by atoms with Crippen molar-refractivity contribution in [3.05, 3.63) is 35.4 Å². The number of sulfone groups is 1. The first kappa shape index (κ1) is 17.5. The van der Waals surface area contributed by atoms with Gasteiger partial charge in [0.2, 0.25) is 0 Å². The van der Waals surface area contributed by atoms with E-state index >= 15 is 0 Å². The Morgan fingerprint density at radius 3 is 2.43 bits per heavy atom. The first-order valence-corrected chi connectivity index (χ1v) is 9.60. The number of hydrogen-bond acceptors (Lipinski definition) is 4. The Kier molecular flexibility index (Phi) is 5.09. The zero-order chi connectivity index (χ0) is 17.1. The van der Waals surface area contributed by atoms with Gasteiger partial charge in [0.05, 0.1) is 5.75 Å². The van der Waals surface area contributed by atoms with Crippen LogP contribution in [-0.2, 0) is 20.4 Å². The number of aliphatic carboxylic acids is 1. The summed E-state index contributed by atoms with van der Waals surface area (Å²) < 4.78 is 22.7. The molecule has 1 aliphatic rings. The van der Waals surface area contributed by atoms with E-state index in [4.69, 9.17) is 0 Å². The SMILES string of the molecule is CS(=O)(=O)Cc1cccc(C(=O)NC2(C(=O)O)CCCCC2)c1.